The molecular weight excluding hydrogens is 240 g/mol. The lowest BCUT2D eigenvalue weighted by Gasteiger charge is -2.38. The topological polar surface area (TPSA) is 38.8 Å². The van der Waals surface area contributed by atoms with Crippen molar-refractivity contribution in [1.82, 2.24) is 0 Å². The first-order valence-electron chi connectivity index (χ1n) is 7.87. The number of hydrogen-bond acceptors (Lipinski definition) is 3. The predicted octanol–water partition coefficient (Wildman–Crippen LogP) is 3.31. The van der Waals surface area contributed by atoms with Crippen LogP contribution in [0.3, 0.4) is 0 Å². The van der Waals surface area contributed by atoms with Crippen LogP contribution >= 0.6 is 0 Å². The molecule has 2 aliphatic carbocycles. The minimum atomic E-state index is -0.338. The van der Waals surface area contributed by atoms with Gasteiger partial charge in [0.25, 0.3) is 0 Å². The summed E-state index contributed by atoms with van der Waals surface area (Å²) in [6.45, 7) is 6.46. The maximum absolute atomic E-state index is 12.6. The van der Waals surface area contributed by atoms with E-state index in [9.17, 15) is 4.79 Å². The van der Waals surface area contributed by atoms with Gasteiger partial charge in [-0.25, -0.2) is 0 Å². The average molecular weight is 266 g/mol. The third kappa shape index (κ3) is 2.42. The molecule has 3 fully saturated rings. The van der Waals surface area contributed by atoms with Gasteiger partial charge in [-0.15, -0.1) is 0 Å². The number of carbonyl (C=O) groups excluding carboxylic acids is 1. The fourth-order valence-electron chi connectivity index (χ4n) is 3.81. The van der Waals surface area contributed by atoms with Crippen molar-refractivity contribution in [1.29, 1.82) is 0 Å². The molecule has 108 valence electrons. The number of esters is 1. The van der Waals surface area contributed by atoms with Crippen LogP contribution in [-0.4, -0.2) is 24.3 Å². The van der Waals surface area contributed by atoms with Crippen molar-refractivity contribution in [3.63, 3.8) is 0 Å². The summed E-state index contributed by atoms with van der Waals surface area (Å²) in [5.41, 5.74) is -0.338. The highest BCUT2D eigenvalue weighted by molar-refractivity contribution is 5.77. The molecule has 3 heteroatoms. The first kappa shape index (κ1) is 13.4. The number of rotatable bonds is 2. The molecule has 2 saturated carbocycles. The van der Waals surface area contributed by atoms with E-state index in [2.05, 4.69) is 20.8 Å². The normalized spacial score (nSPS) is 49.3. The summed E-state index contributed by atoms with van der Waals surface area (Å²) in [5, 5.41) is 0. The fourth-order valence-corrected chi connectivity index (χ4v) is 3.81. The Kier molecular flexibility index (Phi) is 3.36. The van der Waals surface area contributed by atoms with Gasteiger partial charge in [-0.05, 0) is 50.9 Å². The minimum absolute atomic E-state index is 0.0210. The van der Waals surface area contributed by atoms with E-state index in [0.29, 0.717) is 24.0 Å². The van der Waals surface area contributed by atoms with Crippen molar-refractivity contribution < 1.29 is 14.3 Å². The quantitative estimate of drug-likeness (QED) is 0.568. The van der Waals surface area contributed by atoms with Gasteiger partial charge < -0.3 is 9.47 Å². The monoisotopic (exact) mass is 266 g/mol. The fraction of sp³-hybridized carbons (Fsp3) is 0.938. The molecule has 1 aliphatic heterocycles. The molecule has 3 aliphatic rings. The Morgan fingerprint density at radius 1 is 1.21 bits per heavy atom. The lowest BCUT2D eigenvalue weighted by atomic mass is 9.68. The Morgan fingerprint density at radius 2 is 1.95 bits per heavy atom. The SMILES string of the molecule is CC1CCCCC1OC(=O)C1(C)CC2OC2CC1C. The predicted molar refractivity (Wildman–Crippen MR) is 72.7 cm³/mol. The zero-order valence-corrected chi connectivity index (χ0v) is 12.4. The second-order valence-electron chi connectivity index (χ2n) is 7.18. The summed E-state index contributed by atoms with van der Waals surface area (Å²) in [6.07, 6.45) is 7.45. The molecule has 0 bridgehead atoms. The lowest BCUT2D eigenvalue weighted by molar-refractivity contribution is -0.169. The van der Waals surface area contributed by atoms with E-state index in [1.54, 1.807) is 0 Å². The van der Waals surface area contributed by atoms with Crippen LogP contribution in [0.1, 0.15) is 59.3 Å². The van der Waals surface area contributed by atoms with Crippen LogP contribution in [0.15, 0.2) is 0 Å². The third-order valence-corrected chi connectivity index (χ3v) is 5.74. The minimum Gasteiger partial charge on any atom is -0.462 e. The van der Waals surface area contributed by atoms with Gasteiger partial charge in [0.2, 0.25) is 0 Å². The van der Waals surface area contributed by atoms with Gasteiger partial charge >= 0.3 is 5.97 Å². The summed E-state index contributed by atoms with van der Waals surface area (Å²) >= 11 is 0. The van der Waals surface area contributed by atoms with Crippen LogP contribution in [0.4, 0.5) is 0 Å². The first-order chi connectivity index (χ1) is 9.00. The molecule has 1 saturated heterocycles. The largest absolute Gasteiger partial charge is 0.462 e. The van der Waals surface area contributed by atoms with Crippen LogP contribution in [0, 0.1) is 17.3 Å². The smallest absolute Gasteiger partial charge is 0.312 e. The van der Waals surface area contributed by atoms with E-state index in [4.69, 9.17) is 9.47 Å². The molecule has 0 radical (unpaired) electrons. The highest BCUT2D eigenvalue weighted by Crippen LogP contribution is 2.50. The van der Waals surface area contributed by atoms with Gasteiger partial charge in [0, 0.05) is 0 Å². The molecule has 0 spiro atoms. The first-order valence-corrected chi connectivity index (χ1v) is 7.87. The van der Waals surface area contributed by atoms with Crippen molar-refractivity contribution in [3.8, 4) is 0 Å². The maximum atomic E-state index is 12.6. The highest BCUT2D eigenvalue weighted by atomic mass is 16.6. The van der Waals surface area contributed by atoms with Crippen LogP contribution < -0.4 is 0 Å². The zero-order chi connectivity index (χ0) is 13.6. The second kappa shape index (κ2) is 4.76. The molecule has 0 aromatic rings. The number of fused-ring (bicyclic) bond motifs is 1. The van der Waals surface area contributed by atoms with Crippen molar-refractivity contribution in [2.75, 3.05) is 0 Å². The number of epoxide rings is 1. The Hall–Kier alpha value is -0.570. The van der Waals surface area contributed by atoms with E-state index < -0.39 is 0 Å². The van der Waals surface area contributed by atoms with Crippen molar-refractivity contribution >= 4 is 5.97 Å². The van der Waals surface area contributed by atoms with E-state index in [1.807, 2.05) is 0 Å². The molecule has 6 unspecified atom stereocenters. The Bertz CT molecular complexity index is 367. The van der Waals surface area contributed by atoms with E-state index in [0.717, 1.165) is 19.3 Å². The van der Waals surface area contributed by atoms with Crippen molar-refractivity contribution in [2.45, 2.75) is 77.6 Å². The zero-order valence-electron chi connectivity index (χ0n) is 12.4. The Labute approximate surface area is 116 Å². The highest BCUT2D eigenvalue weighted by Gasteiger charge is 2.56. The summed E-state index contributed by atoms with van der Waals surface area (Å²) in [7, 11) is 0. The van der Waals surface area contributed by atoms with Crippen LogP contribution in [0.2, 0.25) is 0 Å². The standard InChI is InChI=1S/C16H26O3/c1-10-6-4-5-7-12(10)19-15(17)16(3)9-14-13(18-14)8-11(16)2/h10-14H,4-9H2,1-3H3. The molecule has 0 aromatic heterocycles. The lowest BCUT2D eigenvalue weighted by Crippen LogP contribution is -2.43. The molecule has 3 nitrogen and oxygen atoms in total. The van der Waals surface area contributed by atoms with Crippen LogP contribution in [-0.2, 0) is 14.3 Å². The second-order valence-corrected chi connectivity index (χ2v) is 7.18. The van der Waals surface area contributed by atoms with Gasteiger partial charge in [-0.1, -0.05) is 20.3 Å². The van der Waals surface area contributed by atoms with Crippen molar-refractivity contribution in [3.05, 3.63) is 0 Å². The molecule has 3 rings (SSSR count). The summed E-state index contributed by atoms with van der Waals surface area (Å²) in [5.74, 6) is 0.903. The average Bonchev–Trinajstić information content (AvgIpc) is 3.10. The summed E-state index contributed by atoms with van der Waals surface area (Å²) in [6, 6.07) is 0. The van der Waals surface area contributed by atoms with E-state index >= 15 is 0 Å². The van der Waals surface area contributed by atoms with Crippen LogP contribution in [0.25, 0.3) is 0 Å². The Morgan fingerprint density at radius 3 is 2.68 bits per heavy atom. The summed E-state index contributed by atoms with van der Waals surface area (Å²) in [4.78, 5) is 12.6. The van der Waals surface area contributed by atoms with Crippen LogP contribution in [0.5, 0.6) is 0 Å². The molecular formula is C16H26O3. The third-order valence-electron chi connectivity index (χ3n) is 5.74. The molecule has 0 N–H and O–H groups in total. The Balaban J connectivity index is 1.65. The summed E-state index contributed by atoms with van der Waals surface area (Å²) < 4.78 is 11.5. The van der Waals surface area contributed by atoms with Gasteiger partial charge in [-0.2, -0.15) is 0 Å². The molecule has 6 atom stereocenters. The maximum Gasteiger partial charge on any atom is 0.312 e. The van der Waals surface area contributed by atoms with Gasteiger partial charge in [0.05, 0.1) is 17.6 Å². The van der Waals surface area contributed by atoms with Crippen molar-refractivity contribution in [2.24, 2.45) is 17.3 Å². The van der Waals surface area contributed by atoms with Gasteiger partial charge in [0.1, 0.15) is 6.10 Å². The van der Waals surface area contributed by atoms with E-state index in [-0.39, 0.29) is 17.5 Å². The number of hydrogen-bond donors (Lipinski definition) is 0. The molecule has 0 amide bonds. The van der Waals surface area contributed by atoms with E-state index in [1.165, 1.54) is 19.3 Å². The van der Waals surface area contributed by atoms with Gasteiger partial charge in [0.15, 0.2) is 0 Å². The molecule has 1 heterocycles. The number of ether oxygens (including phenoxy) is 2. The molecule has 0 aromatic carbocycles. The number of carbonyl (C=O) groups is 1. The molecule has 19 heavy (non-hydrogen) atoms. The van der Waals surface area contributed by atoms with Gasteiger partial charge in [-0.3, -0.25) is 4.79 Å².